The molecule has 30 heavy (non-hydrogen) atoms. The Morgan fingerprint density at radius 2 is 1.83 bits per heavy atom. The molecular formula is C23H21ClN2O4. The second-order valence-corrected chi connectivity index (χ2v) is 6.60. The van der Waals surface area contributed by atoms with Crippen molar-refractivity contribution in [1.82, 2.24) is 4.98 Å². The topological polar surface area (TPSA) is 69.7 Å². The van der Waals surface area contributed by atoms with Crippen molar-refractivity contribution < 1.29 is 19.0 Å². The van der Waals surface area contributed by atoms with E-state index >= 15 is 0 Å². The molecule has 0 aliphatic heterocycles. The summed E-state index contributed by atoms with van der Waals surface area (Å²) in [5.74, 6) is 1.29. The first-order valence-electron chi connectivity index (χ1n) is 9.12. The molecule has 0 bridgehead atoms. The van der Waals surface area contributed by atoms with Gasteiger partial charge < -0.3 is 19.5 Å². The van der Waals surface area contributed by atoms with Crippen LogP contribution in [0.1, 0.15) is 11.3 Å². The third-order valence-corrected chi connectivity index (χ3v) is 4.45. The van der Waals surface area contributed by atoms with Crippen LogP contribution in [0.5, 0.6) is 17.2 Å². The van der Waals surface area contributed by atoms with Crippen molar-refractivity contribution in [2.45, 2.75) is 6.61 Å². The molecule has 2 aromatic carbocycles. The number of methoxy groups -OCH3 is 2. The van der Waals surface area contributed by atoms with Gasteiger partial charge in [0, 0.05) is 24.4 Å². The lowest BCUT2D eigenvalue weighted by molar-refractivity contribution is -0.111. The van der Waals surface area contributed by atoms with Gasteiger partial charge in [-0.15, -0.1) is 0 Å². The number of nitrogens with one attached hydrogen (secondary N) is 1. The van der Waals surface area contributed by atoms with Crippen molar-refractivity contribution >= 4 is 29.3 Å². The van der Waals surface area contributed by atoms with Gasteiger partial charge in [-0.2, -0.15) is 0 Å². The van der Waals surface area contributed by atoms with Crippen LogP contribution in [0.2, 0.25) is 5.02 Å². The zero-order valence-electron chi connectivity index (χ0n) is 16.6. The monoisotopic (exact) mass is 424 g/mol. The van der Waals surface area contributed by atoms with Crippen LogP contribution in [-0.2, 0) is 11.4 Å². The number of hydrogen-bond donors (Lipinski definition) is 1. The van der Waals surface area contributed by atoms with E-state index in [1.165, 1.54) is 20.3 Å². The average molecular weight is 425 g/mol. The van der Waals surface area contributed by atoms with E-state index in [9.17, 15) is 4.79 Å². The number of ether oxygens (including phenoxy) is 3. The number of amides is 1. The molecular weight excluding hydrogens is 404 g/mol. The largest absolute Gasteiger partial charge is 0.495 e. The zero-order valence-corrected chi connectivity index (χ0v) is 17.3. The van der Waals surface area contributed by atoms with Gasteiger partial charge in [0.2, 0.25) is 5.91 Å². The average Bonchev–Trinajstić information content (AvgIpc) is 2.78. The number of rotatable bonds is 8. The van der Waals surface area contributed by atoms with Gasteiger partial charge in [-0.3, -0.25) is 9.78 Å². The van der Waals surface area contributed by atoms with Crippen molar-refractivity contribution in [2.75, 3.05) is 19.5 Å². The van der Waals surface area contributed by atoms with Crippen molar-refractivity contribution in [3.05, 3.63) is 83.2 Å². The Bertz CT molecular complexity index is 1020. The summed E-state index contributed by atoms with van der Waals surface area (Å²) in [6, 6.07) is 16.3. The summed E-state index contributed by atoms with van der Waals surface area (Å²) < 4.78 is 16.1. The van der Waals surface area contributed by atoms with Crippen LogP contribution >= 0.6 is 11.6 Å². The van der Waals surface area contributed by atoms with E-state index in [0.29, 0.717) is 28.8 Å². The van der Waals surface area contributed by atoms with Gasteiger partial charge in [-0.25, -0.2) is 0 Å². The smallest absolute Gasteiger partial charge is 0.248 e. The van der Waals surface area contributed by atoms with Gasteiger partial charge in [0.25, 0.3) is 0 Å². The number of benzene rings is 2. The predicted octanol–water partition coefficient (Wildman–Crippen LogP) is 4.98. The molecule has 0 saturated heterocycles. The van der Waals surface area contributed by atoms with Crippen LogP contribution in [0.15, 0.2) is 66.9 Å². The van der Waals surface area contributed by atoms with Crippen LogP contribution in [0.3, 0.4) is 0 Å². The molecule has 3 aromatic rings. The third kappa shape index (κ3) is 5.75. The predicted molar refractivity (Wildman–Crippen MR) is 117 cm³/mol. The van der Waals surface area contributed by atoms with E-state index in [-0.39, 0.29) is 5.91 Å². The summed E-state index contributed by atoms with van der Waals surface area (Å²) >= 11 is 6.08. The Morgan fingerprint density at radius 3 is 2.50 bits per heavy atom. The van der Waals surface area contributed by atoms with E-state index in [1.807, 2.05) is 42.5 Å². The quantitative estimate of drug-likeness (QED) is 0.516. The number of carbonyl (C=O) groups is 1. The zero-order chi connectivity index (χ0) is 21.3. The summed E-state index contributed by atoms with van der Waals surface area (Å²) in [6.45, 7) is 0.394. The second-order valence-electron chi connectivity index (χ2n) is 6.19. The highest BCUT2D eigenvalue weighted by molar-refractivity contribution is 6.32. The highest BCUT2D eigenvalue weighted by Gasteiger charge is 2.11. The van der Waals surface area contributed by atoms with Gasteiger partial charge in [0.15, 0.2) is 0 Å². The van der Waals surface area contributed by atoms with Crippen LogP contribution in [0, 0.1) is 0 Å². The molecule has 1 amide bonds. The molecule has 0 radical (unpaired) electrons. The summed E-state index contributed by atoms with van der Waals surface area (Å²) in [6.07, 6.45) is 4.87. The molecule has 7 heteroatoms. The van der Waals surface area contributed by atoms with Crippen molar-refractivity contribution in [2.24, 2.45) is 0 Å². The number of aromatic nitrogens is 1. The molecule has 0 spiro atoms. The maximum absolute atomic E-state index is 12.3. The number of hydrogen-bond acceptors (Lipinski definition) is 5. The molecule has 1 aromatic heterocycles. The lowest BCUT2D eigenvalue weighted by Gasteiger charge is -2.12. The first-order chi connectivity index (χ1) is 14.6. The van der Waals surface area contributed by atoms with Crippen LogP contribution in [0.25, 0.3) is 6.08 Å². The minimum Gasteiger partial charge on any atom is -0.495 e. The normalized spacial score (nSPS) is 10.6. The lowest BCUT2D eigenvalue weighted by atomic mass is 10.2. The standard InChI is InChI=1S/C23H21ClN2O4/c1-28-21-14-20(22(29-2)13-19(21)24)26-23(27)11-8-16-6-9-18(10-7-16)30-15-17-5-3-4-12-25-17/h3-14H,15H2,1-2H3,(H,26,27)/b11-8+. The van der Waals surface area contributed by atoms with Gasteiger partial charge >= 0.3 is 0 Å². The minimum absolute atomic E-state index is 0.312. The van der Waals surface area contributed by atoms with Crippen LogP contribution < -0.4 is 19.5 Å². The molecule has 0 fully saturated rings. The molecule has 154 valence electrons. The fraction of sp³-hybridized carbons (Fsp3) is 0.130. The Balaban J connectivity index is 1.60. The molecule has 6 nitrogen and oxygen atoms in total. The Labute approximate surface area is 180 Å². The van der Waals surface area contributed by atoms with Gasteiger partial charge in [0.05, 0.1) is 30.6 Å². The maximum Gasteiger partial charge on any atom is 0.248 e. The Morgan fingerprint density at radius 1 is 1.07 bits per heavy atom. The van der Waals surface area contributed by atoms with Crippen LogP contribution in [0.4, 0.5) is 5.69 Å². The summed E-state index contributed by atoms with van der Waals surface area (Å²) in [4.78, 5) is 16.5. The lowest BCUT2D eigenvalue weighted by Crippen LogP contribution is -2.09. The number of nitrogens with zero attached hydrogens (tertiary/aromatic N) is 1. The second kappa shape index (κ2) is 10.3. The SMILES string of the molecule is COc1cc(NC(=O)/C=C/c2ccc(OCc3ccccn3)cc2)c(OC)cc1Cl. The first kappa shape index (κ1) is 21.2. The number of pyridine rings is 1. The number of anilines is 1. The maximum atomic E-state index is 12.3. The molecule has 0 saturated carbocycles. The number of carbonyl (C=O) groups excluding carboxylic acids is 1. The van der Waals surface area contributed by atoms with Crippen molar-refractivity contribution in [3.8, 4) is 17.2 Å². The molecule has 0 aliphatic carbocycles. The number of halogens is 1. The van der Waals surface area contributed by atoms with Crippen LogP contribution in [-0.4, -0.2) is 25.1 Å². The third-order valence-electron chi connectivity index (χ3n) is 4.15. The van der Waals surface area contributed by atoms with Crippen molar-refractivity contribution in [3.63, 3.8) is 0 Å². The summed E-state index contributed by atoms with van der Waals surface area (Å²) in [7, 11) is 3.00. The van der Waals surface area contributed by atoms with E-state index in [4.69, 9.17) is 25.8 Å². The van der Waals surface area contributed by atoms with E-state index in [0.717, 1.165) is 17.0 Å². The van der Waals surface area contributed by atoms with Gasteiger partial charge in [0.1, 0.15) is 23.9 Å². The molecule has 1 heterocycles. The minimum atomic E-state index is -0.312. The highest BCUT2D eigenvalue weighted by atomic mass is 35.5. The molecule has 0 atom stereocenters. The van der Waals surface area contributed by atoms with Gasteiger partial charge in [-0.1, -0.05) is 29.8 Å². The Kier molecular flexibility index (Phi) is 7.29. The molecule has 3 rings (SSSR count). The molecule has 0 aliphatic rings. The van der Waals surface area contributed by atoms with E-state index in [1.54, 1.807) is 24.4 Å². The van der Waals surface area contributed by atoms with E-state index in [2.05, 4.69) is 10.3 Å². The fourth-order valence-electron chi connectivity index (χ4n) is 2.62. The van der Waals surface area contributed by atoms with Gasteiger partial charge in [-0.05, 0) is 35.9 Å². The van der Waals surface area contributed by atoms with E-state index < -0.39 is 0 Å². The molecule has 1 N–H and O–H groups in total. The molecule has 0 unspecified atom stereocenters. The summed E-state index contributed by atoms with van der Waals surface area (Å²) in [5.41, 5.74) is 2.18. The fourth-order valence-corrected chi connectivity index (χ4v) is 2.85. The highest BCUT2D eigenvalue weighted by Crippen LogP contribution is 2.35. The van der Waals surface area contributed by atoms with Crippen molar-refractivity contribution in [1.29, 1.82) is 0 Å². The Hall–Kier alpha value is -3.51. The first-order valence-corrected chi connectivity index (χ1v) is 9.50. The summed E-state index contributed by atoms with van der Waals surface area (Å²) in [5, 5.41) is 3.16.